The summed E-state index contributed by atoms with van der Waals surface area (Å²) in [5, 5.41) is 3.65. The molecule has 0 amide bonds. The van der Waals surface area contributed by atoms with E-state index in [2.05, 4.69) is 33.0 Å². The van der Waals surface area contributed by atoms with Gasteiger partial charge in [0, 0.05) is 18.1 Å². The van der Waals surface area contributed by atoms with Crippen LogP contribution in [0, 0.1) is 5.41 Å². The van der Waals surface area contributed by atoms with Gasteiger partial charge in [0.2, 0.25) is 0 Å². The highest BCUT2D eigenvalue weighted by molar-refractivity contribution is 4.92. The lowest BCUT2D eigenvalue weighted by Crippen LogP contribution is -2.53. The standard InChI is InChI=1S/C12H26N2/c1-11(2,12(3,4)13)9-14-10-7-5-6-8-10/h10,14H,5-9,13H2,1-4H3. The Morgan fingerprint density at radius 1 is 1.14 bits per heavy atom. The van der Waals surface area contributed by atoms with Crippen molar-refractivity contribution in [1.82, 2.24) is 5.32 Å². The van der Waals surface area contributed by atoms with E-state index in [9.17, 15) is 0 Å². The first-order valence-corrected chi connectivity index (χ1v) is 5.85. The molecule has 1 rings (SSSR count). The Labute approximate surface area is 88.6 Å². The predicted molar refractivity (Wildman–Crippen MR) is 62.3 cm³/mol. The molecule has 1 aliphatic rings. The van der Waals surface area contributed by atoms with Gasteiger partial charge in [-0.1, -0.05) is 26.7 Å². The molecule has 0 aromatic carbocycles. The van der Waals surface area contributed by atoms with Crippen LogP contribution < -0.4 is 11.1 Å². The quantitative estimate of drug-likeness (QED) is 0.727. The van der Waals surface area contributed by atoms with Crippen molar-refractivity contribution in [3.05, 3.63) is 0 Å². The summed E-state index contributed by atoms with van der Waals surface area (Å²) in [6.07, 6.45) is 5.48. The fraction of sp³-hybridized carbons (Fsp3) is 1.00. The molecule has 0 radical (unpaired) electrons. The summed E-state index contributed by atoms with van der Waals surface area (Å²) in [4.78, 5) is 0. The third-order valence-electron chi connectivity index (χ3n) is 3.93. The molecule has 3 N–H and O–H groups in total. The SMILES string of the molecule is CC(C)(N)C(C)(C)CNC1CCCC1. The Morgan fingerprint density at radius 2 is 1.64 bits per heavy atom. The summed E-state index contributed by atoms with van der Waals surface area (Å²) in [5.74, 6) is 0. The summed E-state index contributed by atoms with van der Waals surface area (Å²) >= 11 is 0. The van der Waals surface area contributed by atoms with Gasteiger partial charge in [-0.2, -0.15) is 0 Å². The third-order valence-corrected chi connectivity index (χ3v) is 3.93. The molecule has 0 bridgehead atoms. The van der Waals surface area contributed by atoms with E-state index in [1.54, 1.807) is 0 Å². The van der Waals surface area contributed by atoms with Crippen LogP contribution in [-0.2, 0) is 0 Å². The lowest BCUT2D eigenvalue weighted by Gasteiger charge is -2.39. The topological polar surface area (TPSA) is 38.0 Å². The second-order valence-corrected chi connectivity index (χ2v) is 5.97. The average molecular weight is 198 g/mol. The molecule has 0 aliphatic heterocycles. The fourth-order valence-electron chi connectivity index (χ4n) is 1.76. The van der Waals surface area contributed by atoms with Crippen LogP contribution in [0.4, 0.5) is 0 Å². The fourth-order valence-corrected chi connectivity index (χ4v) is 1.76. The van der Waals surface area contributed by atoms with Crippen molar-refractivity contribution in [2.24, 2.45) is 11.1 Å². The molecule has 2 heteroatoms. The zero-order chi connectivity index (χ0) is 10.8. The monoisotopic (exact) mass is 198 g/mol. The zero-order valence-electron chi connectivity index (χ0n) is 10.2. The third kappa shape index (κ3) is 2.96. The largest absolute Gasteiger partial charge is 0.325 e. The number of nitrogens with two attached hydrogens (primary N) is 1. The molecule has 84 valence electrons. The lowest BCUT2D eigenvalue weighted by atomic mass is 9.75. The van der Waals surface area contributed by atoms with Gasteiger partial charge in [0.05, 0.1) is 0 Å². The van der Waals surface area contributed by atoms with E-state index >= 15 is 0 Å². The van der Waals surface area contributed by atoms with Crippen LogP contribution in [0.1, 0.15) is 53.4 Å². The van der Waals surface area contributed by atoms with Gasteiger partial charge in [-0.15, -0.1) is 0 Å². The summed E-state index contributed by atoms with van der Waals surface area (Å²) in [6, 6.07) is 0.747. The normalized spacial score (nSPS) is 20.4. The molecule has 0 spiro atoms. The van der Waals surface area contributed by atoms with Crippen LogP contribution in [0.25, 0.3) is 0 Å². The molecular weight excluding hydrogens is 172 g/mol. The van der Waals surface area contributed by atoms with E-state index in [4.69, 9.17) is 5.73 Å². The van der Waals surface area contributed by atoms with Crippen LogP contribution >= 0.6 is 0 Å². The molecular formula is C12H26N2. The molecule has 1 aliphatic carbocycles. The molecule has 1 fully saturated rings. The second-order valence-electron chi connectivity index (χ2n) is 5.97. The summed E-state index contributed by atoms with van der Waals surface area (Å²) < 4.78 is 0. The molecule has 0 saturated heterocycles. The zero-order valence-corrected chi connectivity index (χ0v) is 10.2. The maximum atomic E-state index is 6.16. The average Bonchev–Trinajstić information content (AvgIpc) is 2.50. The Balaban J connectivity index is 2.35. The second kappa shape index (κ2) is 4.19. The van der Waals surface area contributed by atoms with Gasteiger partial charge >= 0.3 is 0 Å². The van der Waals surface area contributed by atoms with Gasteiger partial charge in [-0.3, -0.25) is 0 Å². The molecule has 0 atom stereocenters. The molecule has 1 saturated carbocycles. The first kappa shape index (κ1) is 12.0. The smallest absolute Gasteiger partial charge is 0.0161 e. The van der Waals surface area contributed by atoms with Crippen molar-refractivity contribution in [3.8, 4) is 0 Å². The minimum Gasteiger partial charge on any atom is -0.325 e. The van der Waals surface area contributed by atoms with Crippen molar-refractivity contribution in [2.75, 3.05) is 6.54 Å². The Hall–Kier alpha value is -0.0800. The van der Waals surface area contributed by atoms with Crippen LogP contribution in [0.2, 0.25) is 0 Å². The number of hydrogen-bond donors (Lipinski definition) is 2. The van der Waals surface area contributed by atoms with E-state index < -0.39 is 0 Å². The molecule has 0 unspecified atom stereocenters. The number of hydrogen-bond acceptors (Lipinski definition) is 2. The highest BCUT2D eigenvalue weighted by Gasteiger charge is 2.33. The van der Waals surface area contributed by atoms with Crippen molar-refractivity contribution < 1.29 is 0 Å². The predicted octanol–water partition coefficient (Wildman–Crippen LogP) is 2.28. The van der Waals surface area contributed by atoms with Crippen molar-refractivity contribution in [3.63, 3.8) is 0 Å². The Kier molecular flexibility index (Phi) is 3.59. The lowest BCUT2D eigenvalue weighted by molar-refractivity contribution is 0.188. The Bertz CT molecular complexity index is 173. The summed E-state index contributed by atoms with van der Waals surface area (Å²) in [6.45, 7) is 9.75. The maximum absolute atomic E-state index is 6.16. The number of rotatable bonds is 4. The first-order valence-electron chi connectivity index (χ1n) is 5.85. The van der Waals surface area contributed by atoms with E-state index in [1.165, 1.54) is 25.7 Å². The maximum Gasteiger partial charge on any atom is 0.0161 e. The highest BCUT2D eigenvalue weighted by atomic mass is 14.9. The van der Waals surface area contributed by atoms with Gasteiger partial charge in [0.15, 0.2) is 0 Å². The first-order chi connectivity index (χ1) is 6.33. The minimum absolute atomic E-state index is 0.112. The Morgan fingerprint density at radius 3 is 2.07 bits per heavy atom. The molecule has 0 aromatic heterocycles. The molecule has 14 heavy (non-hydrogen) atoms. The van der Waals surface area contributed by atoms with Crippen LogP contribution in [0.15, 0.2) is 0 Å². The van der Waals surface area contributed by atoms with Crippen LogP contribution in [0.3, 0.4) is 0 Å². The number of nitrogens with one attached hydrogen (secondary N) is 1. The van der Waals surface area contributed by atoms with E-state index in [1.807, 2.05) is 0 Å². The van der Waals surface area contributed by atoms with Crippen molar-refractivity contribution in [1.29, 1.82) is 0 Å². The van der Waals surface area contributed by atoms with Gasteiger partial charge in [-0.05, 0) is 32.1 Å². The molecule has 0 aromatic rings. The summed E-state index contributed by atoms with van der Waals surface area (Å²) in [5.41, 5.74) is 6.21. The van der Waals surface area contributed by atoms with Crippen LogP contribution in [0.5, 0.6) is 0 Å². The van der Waals surface area contributed by atoms with Crippen molar-refractivity contribution in [2.45, 2.75) is 65.0 Å². The van der Waals surface area contributed by atoms with Gasteiger partial charge in [0.1, 0.15) is 0 Å². The van der Waals surface area contributed by atoms with Gasteiger partial charge < -0.3 is 11.1 Å². The van der Waals surface area contributed by atoms with E-state index in [-0.39, 0.29) is 11.0 Å². The van der Waals surface area contributed by atoms with Gasteiger partial charge in [-0.25, -0.2) is 0 Å². The van der Waals surface area contributed by atoms with E-state index in [0.29, 0.717) is 0 Å². The highest BCUT2D eigenvalue weighted by Crippen LogP contribution is 2.28. The molecule has 2 nitrogen and oxygen atoms in total. The minimum atomic E-state index is -0.112. The van der Waals surface area contributed by atoms with E-state index in [0.717, 1.165) is 12.6 Å². The van der Waals surface area contributed by atoms with Crippen molar-refractivity contribution >= 4 is 0 Å². The van der Waals surface area contributed by atoms with Crippen LogP contribution in [-0.4, -0.2) is 18.1 Å². The van der Waals surface area contributed by atoms with Gasteiger partial charge in [0.25, 0.3) is 0 Å². The summed E-state index contributed by atoms with van der Waals surface area (Å²) in [7, 11) is 0. The molecule has 0 heterocycles.